The molecule has 0 aromatic carbocycles. The highest BCUT2D eigenvalue weighted by molar-refractivity contribution is 5.76. The van der Waals surface area contributed by atoms with Gasteiger partial charge in [0, 0.05) is 31.2 Å². The van der Waals surface area contributed by atoms with Gasteiger partial charge in [0.2, 0.25) is 5.91 Å². The number of aliphatic hydroxyl groups is 1. The molecule has 0 fully saturated rings. The van der Waals surface area contributed by atoms with Crippen molar-refractivity contribution in [3.8, 4) is 0 Å². The summed E-state index contributed by atoms with van der Waals surface area (Å²) >= 11 is 0. The van der Waals surface area contributed by atoms with Crippen molar-refractivity contribution < 1.29 is 9.90 Å². The lowest BCUT2D eigenvalue weighted by molar-refractivity contribution is -0.122. The van der Waals surface area contributed by atoms with Crippen LogP contribution in [0.1, 0.15) is 47.5 Å². The Bertz CT molecular complexity index is 222. The van der Waals surface area contributed by atoms with E-state index < -0.39 is 0 Å². The van der Waals surface area contributed by atoms with Crippen LogP contribution in [0.5, 0.6) is 0 Å². The van der Waals surface area contributed by atoms with E-state index in [0.29, 0.717) is 25.3 Å². The summed E-state index contributed by atoms with van der Waals surface area (Å²) in [5.74, 6) is 0.399. The van der Waals surface area contributed by atoms with Gasteiger partial charge >= 0.3 is 0 Å². The highest BCUT2D eigenvalue weighted by Gasteiger charge is 2.16. The van der Waals surface area contributed by atoms with Gasteiger partial charge < -0.3 is 15.7 Å². The van der Waals surface area contributed by atoms with Gasteiger partial charge in [-0.15, -0.1) is 0 Å². The van der Waals surface area contributed by atoms with E-state index in [-0.39, 0.29) is 24.1 Å². The highest BCUT2D eigenvalue weighted by atomic mass is 16.3. The molecular weight excluding hydrogens is 216 g/mol. The first-order valence-corrected chi connectivity index (χ1v) is 6.41. The van der Waals surface area contributed by atoms with Crippen molar-refractivity contribution in [1.29, 1.82) is 0 Å². The molecule has 0 aliphatic carbocycles. The van der Waals surface area contributed by atoms with Gasteiger partial charge in [-0.2, -0.15) is 0 Å². The first-order valence-electron chi connectivity index (χ1n) is 6.41. The molecule has 1 atom stereocenters. The van der Waals surface area contributed by atoms with Crippen LogP contribution in [0, 0.1) is 5.92 Å². The predicted octanol–water partition coefficient (Wildman–Crippen LogP) is 1.29. The number of hydrogen-bond donors (Lipinski definition) is 3. The summed E-state index contributed by atoms with van der Waals surface area (Å²) < 4.78 is 0. The van der Waals surface area contributed by atoms with E-state index in [1.807, 2.05) is 13.8 Å². The maximum Gasteiger partial charge on any atom is 0.221 e. The van der Waals surface area contributed by atoms with Crippen LogP contribution in [0.4, 0.5) is 0 Å². The zero-order chi connectivity index (χ0) is 13.5. The van der Waals surface area contributed by atoms with Crippen molar-refractivity contribution in [3.63, 3.8) is 0 Å². The molecule has 0 heterocycles. The van der Waals surface area contributed by atoms with Crippen molar-refractivity contribution in [1.82, 2.24) is 10.6 Å². The van der Waals surface area contributed by atoms with E-state index in [9.17, 15) is 4.79 Å². The molecule has 0 radical (unpaired) electrons. The minimum atomic E-state index is 0.0445. The van der Waals surface area contributed by atoms with Crippen LogP contribution < -0.4 is 10.6 Å². The number of rotatable bonds is 7. The van der Waals surface area contributed by atoms with Crippen LogP contribution in [-0.2, 0) is 4.79 Å². The molecule has 4 nitrogen and oxygen atoms in total. The fourth-order valence-electron chi connectivity index (χ4n) is 1.54. The molecule has 102 valence electrons. The van der Waals surface area contributed by atoms with Crippen molar-refractivity contribution in [3.05, 3.63) is 0 Å². The van der Waals surface area contributed by atoms with Gasteiger partial charge in [0.05, 0.1) is 0 Å². The van der Waals surface area contributed by atoms with Gasteiger partial charge in [-0.25, -0.2) is 0 Å². The molecule has 0 bridgehead atoms. The standard InChI is InChI=1S/C13H28N2O2/c1-10(2)11(7-9-16)15-12(17)6-8-14-13(3,4)5/h10-11,14,16H,6-9H2,1-5H3,(H,15,17). The second-order valence-electron chi connectivity index (χ2n) is 5.86. The molecule has 0 aromatic heterocycles. The van der Waals surface area contributed by atoms with Gasteiger partial charge in [-0.3, -0.25) is 4.79 Å². The minimum absolute atomic E-state index is 0.0445. The molecular formula is C13H28N2O2. The van der Waals surface area contributed by atoms with E-state index in [0.717, 1.165) is 0 Å². The summed E-state index contributed by atoms with van der Waals surface area (Å²) in [6.07, 6.45) is 1.10. The zero-order valence-electron chi connectivity index (χ0n) is 11.8. The Morgan fingerprint density at radius 2 is 1.88 bits per heavy atom. The highest BCUT2D eigenvalue weighted by Crippen LogP contribution is 2.05. The molecule has 0 rings (SSSR count). The molecule has 0 aliphatic rings. The second kappa shape index (κ2) is 7.67. The largest absolute Gasteiger partial charge is 0.396 e. The predicted molar refractivity (Wildman–Crippen MR) is 70.8 cm³/mol. The number of carbonyl (C=O) groups is 1. The fourth-order valence-corrected chi connectivity index (χ4v) is 1.54. The second-order valence-corrected chi connectivity index (χ2v) is 5.86. The molecule has 1 unspecified atom stereocenters. The summed E-state index contributed by atoms with van der Waals surface area (Å²) in [5, 5.41) is 15.2. The van der Waals surface area contributed by atoms with Crippen molar-refractivity contribution in [2.45, 2.75) is 59.0 Å². The van der Waals surface area contributed by atoms with E-state index in [1.165, 1.54) is 0 Å². The van der Waals surface area contributed by atoms with Gasteiger partial charge in [0.1, 0.15) is 0 Å². The Morgan fingerprint density at radius 1 is 1.29 bits per heavy atom. The summed E-state index contributed by atoms with van der Waals surface area (Å²) in [5.41, 5.74) is 0.0445. The lowest BCUT2D eigenvalue weighted by atomic mass is 10.0. The summed E-state index contributed by atoms with van der Waals surface area (Å²) in [4.78, 5) is 11.7. The van der Waals surface area contributed by atoms with E-state index >= 15 is 0 Å². The maximum atomic E-state index is 11.7. The van der Waals surface area contributed by atoms with E-state index in [1.54, 1.807) is 0 Å². The Balaban J connectivity index is 3.90. The first-order chi connectivity index (χ1) is 7.76. The first kappa shape index (κ1) is 16.4. The molecule has 0 saturated heterocycles. The smallest absolute Gasteiger partial charge is 0.221 e. The Morgan fingerprint density at radius 3 is 2.29 bits per heavy atom. The van der Waals surface area contributed by atoms with Gasteiger partial charge in [0.25, 0.3) is 0 Å². The summed E-state index contributed by atoms with van der Waals surface area (Å²) in [7, 11) is 0. The van der Waals surface area contributed by atoms with E-state index in [2.05, 4.69) is 31.4 Å². The third kappa shape index (κ3) is 9.12. The Labute approximate surface area is 105 Å². The van der Waals surface area contributed by atoms with Crippen molar-refractivity contribution >= 4 is 5.91 Å². The van der Waals surface area contributed by atoms with E-state index in [4.69, 9.17) is 5.11 Å². The Hall–Kier alpha value is -0.610. The van der Waals surface area contributed by atoms with Crippen LogP contribution in [0.3, 0.4) is 0 Å². The molecule has 0 spiro atoms. The number of nitrogens with one attached hydrogen (secondary N) is 2. The number of hydrogen-bond acceptors (Lipinski definition) is 3. The molecule has 0 aliphatic heterocycles. The van der Waals surface area contributed by atoms with Gasteiger partial charge in [0.15, 0.2) is 0 Å². The zero-order valence-corrected chi connectivity index (χ0v) is 11.8. The van der Waals surface area contributed by atoms with Gasteiger partial charge in [-0.05, 0) is 33.1 Å². The minimum Gasteiger partial charge on any atom is -0.396 e. The molecule has 4 heteroatoms. The average molecular weight is 244 g/mol. The van der Waals surface area contributed by atoms with Crippen LogP contribution >= 0.6 is 0 Å². The molecule has 1 amide bonds. The van der Waals surface area contributed by atoms with Crippen LogP contribution in [0.25, 0.3) is 0 Å². The average Bonchev–Trinajstić information content (AvgIpc) is 2.14. The molecule has 0 aromatic rings. The fraction of sp³-hybridized carbons (Fsp3) is 0.923. The van der Waals surface area contributed by atoms with Crippen LogP contribution in [0.2, 0.25) is 0 Å². The quantitative estimate of drug-likeness (QED) is 0.632. The SMILES string of the molecule is CC(C)C(CCO)NC(=O)CCNC(C)(C)C. The normalized spacial score (nSPS) is 13.8. The lowest BCUT2D eigenvalue weighted by Gasteiger charge is -2.23. The monoisotopic (exact) mass is 244 g/mol. The molecule has 3 N–H and O–H groups in total. The number of carbonyl (C=O) groups excluding carboxylic acids is 1. The third-order valence-corrected chi connectivity index (χ3v) is 2.60. The number of aliphatic hydroxyl groups excluding tert-OH is 1. The summed E-state index contributed by atoms with van der Waals surface area (Å²) in [6.45, 7) is 11.1. The number of amides is 1. The van der Waals surface area contributed by atoms with Crippen LogP contribution in [-0.4, -0.2) is 35.7 Å². The molecule has 0 saturated carbocycles. The third-order valence-electron chi connectivity index (χ3n) is 2.60. The molecule has 17 heavy (non-hydrogen) atoms. The van der Waals surface area contributed by atoms with Gasteiger partial charge in [-0.1, -0.05) is 13.8 Å². The maximum absolute atomic E-state index is 11.7. The van der Waals surface area contributed by atoms with Crippen LogP contribution in [0.15, 0.2) is 0 Å². The Kier molecular flexibility index (Phi) is 7.39. The lowest BCUT2D eigenvalue weighted by Crippen LogP contribution is -2.42. The van der Waals surface area contributed by atoms with Crippen molar-refractivity contribution in [2.75, 3.05) is 13.2 Å². The topological polar surface area (TPSA) is 61.4 Å². The van der Waals surface area contributed by atoms with Crippen molar-refractivity contribution in [2.24, 2.45) is 5.92 Å². The summed E-state index contributed by atoms with van der Waals surface area (Å²) in [6, 6.07) is 0.0714.